The van der Waals surface area contributed by atoms with Crippen molar-refractivity contribution < 1.29 is 54.6 Å². The summed E-state index contributed by atoms with van der Waals surface area (Å²) in [5.41, 5.74) is -5.41. The molecule has 12 heteroatoms. The number of phenolic OH excluding ortho intramolecular Hbond substituents is 3. The van der Waals surface area contributed by atoms with Crippen molar-refractivity contribution >= 4 is 49.5 Å². The fraction of sp³-hybridized carbons (Fsp3) is 0.278. The number of allylic oxidation sites excluding steroid dienone is 4. The molecule has 2 aromatic carbocycles. The van der Waals surface area contributed by atoms with Crippen molar-refractivity contribution in [1.29, 1.82) is 0 Å². The molecule has 4 atom stereocenters. The number of aliphatic hydroxyl groups excluding tert-OH is 2. The lowest BCUT2D eigenvalue weighted by atomic mass is 9.83. The molecule has 48 heavy (non-hydrogen) atoms. The summed E-state index contributed by atoms with van der Waals surface area (Å²) in [6.45, 7) is 9.79. The second-order valence-corrected chi connectivity index (χ2v) is 11.6. The molecule has 0 fully saturated rings. The minimum absolute atomic E-state index is 0.0320. The summed E-state index contributed by atoms with van der Waals surface area (Å²) in [6, 6.07) is 7.34. The first-order chi connectivity index (χ1) is 22.6. The second kappa shape index (κ2) is 15.4. The predicted molar refractivity (Wildman–Crippen MR) is 182 cm³/mol. The zero-order valence-corrected chi connectivity index (χ0v) is 28.3. The van der Waals surface area contributed by atoms with Gasteiger partial charge in [-0.1, -0.05) is 73.2 Å². The van der Waals surface area contributed by atoms with Crippen LogP contribution in [0.2, 0.25) is 0 Å². The number of carbonyl (C=O) groups is 4. The fourth-order valence-corrected chi connectivity index (χ4v) is 5.49. The van der Waals surface area contributed by atoms with E-state index >= 15 is 0 Å². The molecule has 0 aromatic heterocycles. The normalized spacial score (nSPS) is 21.1. The molecule has 4 rings (SSSR count). The van der Waals surface area contributed by atoms with Crippen molar-refractivity contribution in [3.05, 3.63) is 94.0 Å². The number of aromatic hydroxyl groups is 3. The molecular formula is C36H39O11P. The molecule has 1 heterocycles. The van der Waals surface area contributed by atoms with Gasteiger partial charge in [-0.3, -0.25) is 14.4 Å². The average Bonchev–Trinajstić information content (AvgIpc) is 3.43. The molecule has 254 valence electrons. The van der Waals surface area contributed by atoms with Gasteiger partial charge in [0.2, 0.25) is 0 Å². The number of hydrogen-bond acceptors (Lipinski definition) is 11. The quantitative estimate of drug-likeness (QED) is 0.0647. The van der Waals surface area contributed by atoms with Gasteiger partial charge in [0.15, 0.2) is 51.8 Å². The lowest BCUT2D eigenvalue weighted by Gasteiger charge is -2.28. The van der Waals surface area contributed by atoms with Gasteiger partial charge in [0.05, 0.1) is 0 Å². The standard InChI is InChI=1S/C34H33O11P.C2H6/c1-4-16(2)11-17(3)5-8-20(36)13-23-28(34(44,33(43)46)31(41)29(23)39)22-15-25(38)24(37)14-21(22)27-30(40)26(45-32(27)42)12-18-6-9-19(35)10-7-18;1-2/h5-12,14-16,31,35,37-38,40-41,44H,4,13,46H2,1-3H3;1-2H3/b8-5+,17-11+,26-12-;. The summed E-state index contributed by atoms with van der Waals surface area (Å²) in [5, 5.41) is 64.0. The first kappa shape index (κ1) is 37.6. The number of carbonyl (C=O) groups excluding carboxylic acids is 4. The van der Waals surface area contributed by atoms with E-state index in [9.17, 15) is 49.8 Å². The maximum atomic E-state index is 13.4. The molecule has 1 aliphatic carbocycles. The van der Waals surface area contributed by atoms with Crippen LogP contribution < -0.4 is 0 Å². The highest BCUT2D eigenvalue weighted by molar-refractivity contribution is 7.40. The molecule has 6 N–H and O–H groups in total. The van der Waals surface area contributed by atoms with Gasteiger partial charge in [-0.05, 0) is 60.4 Å². The largest absolute Gasteiger partial charge is 0.508 e. The number of ether oxygens (including phenoxy) is 1. The van der Waals surface area contributed by atoms with Gasteiger partial charge in [-0.15, -0.1) is 0 Å². The molecule has 1 aliphatic heterocycles. The number of hydrogen-bond donors (Lipinski definition) is 6. The van der Waals surface area contributed by atoms with Crippen molar-refractivity contribution in [2.45, 2.75) is 59.2 Å². The zero-order chi connectivity index (χ0) is 36.1. The monoisotopic (exact) mass is 678 g/mol. The van der Waals surface area contributed by atoms with E-state index in [-0.39, 0.29) is 23.0 Å². The third-order valence-electron chi connectivity index (χ3n) is 7.80. The Morgan fingerprint density at radius 3 is 2.15 bits per heavy atom. The van der Waals surface area contributed by atoms with Gasteiger partial charge >= 0.3 is 5.97 Å². The number of Topliss-reactive ketones (excluding diaryl/α,β-unsaturated/α-hetero) is 1. The SMILES string of the molecule is CC.CCC(C)/C=C(C)/C=C/C(=O)CC1=C(c2cc(O)c(O)cc2C2=C(O)/C(=C/c3ccc(O)cc3)OC2=O)C(O)(C(=O)P)C(O)C1=O. The Balaban J connectivity index is 0.00000307. The van der Waals surface area contributed by atoms with Crippen LogP contribution in [0, 0.1) is 5.92 Å². The van der Waals surface area contributed by atoms with Crippen LogP contribution >= 0.6 is 9.24 Å². The van der Waals surface area contributed by atoms with Gasteiger partial charge in [0, 0.05) is 23.1 Å². The van der Waals surface area contributed by atoms with Crippen molar-refractivity contribution in [2.24, 2.45) is 5.92 Å². The minimum atomic E-state index is -2.96. The number of esters is 1. The van der Waals surface area contributed by atoms with E-state index in [4.69, 9.17) is 4.74 Å². The van der Waals surface area contributed by atoms with E-state index in [2.05, 4.69) is 0 Å². The minimum Gasteiger partial charge on any atom is -0.508 e. The summed E-state index contributed by atoms with van der Waals surface area (Å²) < 4.78 is 5.24. The molecule has 0 amide bonds. The number of rotatable bonds is 10. The molecule has 0 saturated carbocycles. The van der Waals surface area contributed by atoms with Gasteiger partial charge in [0.25, 0.3) is 0 Å². The lowest BCUT2D eigenvalue weighted by Crippen LogP contribution is -2.47. The maximum absolute atomic E-state index is 13.4. The Morgan fingerprint density at radius 1 is 1.00 bits per heavy atom. The second-order valence-electron chi connectivity index (χ2n) is 11.1. The van der Waals surface area contributed by atoms with Crippen molar-refractivity contribution in [3.63, 3.8) is 0 Å². The third-order valence-corrected chi connectivity index (χ3v) is 8.24. The third kappa shape index (κ3) is 7.49. The smallest absolute Gasteiger partial charge is 0.348 e. The Hall–Kier alpha value is -4.83. The topological polar surface area (TPSA) is 199 Å². The molecule has 2 aromatic rings. The molecule has 4 unspecified atom stereocenters. The lowest BCUT2D eigenvalue weighted by molar-refractivity contribution is -0.140. The first-order valence-electron chi connectivity index (χ1n) is 15.2. The van der Waals surface area contributed by atoms with Crippen LogP contribution in [0.25, 0.3) is 17.2 Å². The average molecular weight is 679 g/mol. The summed E-state index contributed by atoms with van der Waals surface area (Å²) >= 11 is 0. The Kier molecular flexibility index (Phi) is 12.1. The Morgan fingerprint density at radius 2 is 1.58 bits per heavy atom. The first-order valence-corrected chi connectivity index (χ1v) is 15.8. The number of benzene rings is 2. The van der Waals surface area contributed by atoms with Gasteiger partial charge in [-0.2, -0.15) is 0 Å². The van der Waals surface area contributed by atoms with E-state index in [1.807, 2.05) is 33.8 Å². The van der Waals surface area contributed by atoms with Crippen LogP contribution in [0.1, 0.15) is 64.2 Å². The van der Waals surface area contributed by atoms with Gasteiger partial charge in [0.1, 0.15) is 11.3 Å². The van der Waals surface area contributed by atoms with E-state index in [0.717, 1.165) is 24.1 Å². The van der Waals surface area contributed by atoms with Crippen LogP contribution in [0.5, 0.6) is 17.2 Å². The van der Waals surface area contributed by atoms with Gasteiger partial charge in [-0.25, -0.2) is 4.79 Å². The summed E-state index contributed by atoms with van der Waals surface area (Å²) in [4.78, 5) is 52.4. The highest BCUT2D eigenvalue weighted by atomic mass is 31.0. The zero-order valence-electron chi connectivity index (χ0n) is 27.1. The Labute approximate surface area is 280 Å². The van der Waals surface area contributed by atoms with Crippen LogP contribution in [0.15, 0.2) is 77.3 Å². The molecule has 2 aliphatic rings. The van der Waals surface area contributed by atoms with E-state index in [1.54, 1.807) is 16.2 Å². The molecular weight excluding hydrogens is 639 g/mol. The molecule has 0 radical (unpaired) electrons. The van der Waals surface area contributed by atoms with E-state index < -0.39 is 80.7 Å². The maximum Gasteiger partial charge on any atom is 0.348 e. The van der Waals surface area contributed by atoms with Crippen molar-refractivity contribution in [2.75, 3.05) is 0 Å². The highest BCUT2D eigenvalue weighted by Crippen LogP contribution is 2.49. The van der Waals surface area contributed by atoms with Crippen LogP contribution in [0.3, 0.4) is 0 Å². The van der Waals surface area contributed by atoms with Crippen LogP contribution in [-0.2, 0) is 23.9 Å². The fourth-order valence-electron chi connectivity index (χ4n) is 5.19. The molecule has 0 saturated heterocycles. The number of aliphatic hydroxyl groups is 3. The van der Waals surface area contributed by atoms with Crippen LogP contribution in [0.4, 0.5) is 0 Å². The Bertz CT molecular complexity index is 1790. The number of phenols is 3. The molecule has 0 spiro atoms. The number of ketones is 2. The van der Waals surface area contributed by atoms with E-state index in [1.165, 1.54) is 42.5 Å². The van der Waals surface area contributed by atoms with Crippen LogP contribution in [-0.4, -0.2) is 65.4 Å². The predicted octanol–water partition coefficient (Wildman–Crippen LogP) is 5.03. The summed E-state index contributed by atoms with van der Waals surface area (Å²) in [5.74, 6) is -5.36. The van der Waals surface area contributed by atoms with Gasteiger partial charge < -0.3 is 35.4 Å². The van der Waals surface area contributed by atoms with E-state index in [0.29, 0.717) is 5.56 Å². The highest BCUT2D eigenvalue weighted by Gasteiger charge is 2.57. The van der Waals surface area contributed by atoms with Crippen molar-refractivity contribution in [3.8, 4) is 17.2 Å². The molecule has 11 nitrogen and oxygen atoms in total. The summed E-state index contributed by atoms with van der Waals surface area (Å²) in [7, 11) is 1.67. The summed E-state index contributed by atoms with van der Waals surface area (Å²) in [6.07, 6.45) is 3.78. The molecule has 0 bridgehead atoms. The number of cyclic esters (lactones) is 1. The van der Waals surface area contributed by atoms with Crippen molar-refractivity contribution in [1.82, 2.24) is 0 Å².